The van der Waals surface area contributed by atoms with E-state index >= 15 is 0 Å². The zero-order valence-electron chi connectivity index (χ0n) is 12.8. The molecular formula is C14H25N3O2S. The number of nitrogens with zero attached hydrogens (tertiary/aromatic N) is 2. The highest BCUT2D eigenvalue weighted by Gasteiger charge is 2.21. The lowest BCUT2D eigenvalue weighted by atomic mass is 10.1. The Morgan fingerprint density at radius 2 is 2.10 bits per heavy atom. The number of hydrogen-bond acceptors (Lipinski definition) is 4. The molecule has 1 aromatic heterocycles. The average molecular weight is 299 g/mol. The highest BCUT2D eigenvalue weighted by atomic mass is 32.2. The molecular weight excluding hydrogens is 274 g/mol. The van der Waals surface area contributed by atoms with Gasteiger partial charge in [0.05, 0.1) is 4.90 Å². The molecule has 0 aliphatic carbocycles. The second-order valence-electron chi connectivity index (χ2n) is 5.31. The van der Waals surface area contributed by atoms with Crippen LogP contribution < -0.4 is 5.32 Å². The monoisotopic (exact) mass is 299 g/mol. The normalized spacial score (nSPS) is 12.1. The number of hydrogen-bond donors (Lipinski definition) is 1. The summed E-state index contributed by atoms with van der Waals surface area (Å²) < 4.78 is 26.3. The second-order valence-corrected chi connectivity index (χ2v) is 7.36. The van der Waals surface area contributed by atoms with E-state index in [0.29, 0.717) is 18.3 Å². The third-order valence-corrected chi connectivity index (χ3v) is 4.87. The molecule has 1 N–H and O–H groups in total. The molecule has 0 saturated heterocycles. The molecule has 1 heterocycles. The van der Waals surface area contributed by atoms with Crippen LogP contribution in [0.15, 0.2) is 23.2 Å². The van der Waals surface area contributed by atoms with Crippen LogP contribution in [-0.2, 0) is 10.0 Å². The van der Waals surface area contributed by atoms with Crippen molar-refractivity contribution in [1.82, 2.24) is 9.29 Å². The molecule has 0 aliphatic rings. The van der Waals surface area contributed by atoms with Crippen molar-refractivity contribution in [2.24, 2.45) is 5.92 Å². The molecule has 0 fully saturated rings. The highest BCUT2D eigenvalue weighted by molar-refractivity contribution is 7.89. The van der Waals surface area contributed by atoms with Gasteiger partial charge in [-0.05, 0) is 24.8 Å². The Morgan fingerprint density at radius 3 is 2.70 bits per heavy atom. The molecule has 6 heteroatoms. The first kappa shape index (κ1) is 16.9. The highest BCUT2D eigenvalue weighted by Crippen LogP contribution is 2.17. The van der Waals surface area contributed by atoms with Gasteiger partial charge in [-0.25, -0.2) is 17.7 Å². The Hall–Kier alpha value is -1.14. The maximum absolute atomic E-state index is 12.4. The maximum atomic E-state index is 12.4. The summed E-state index contributed by atoms with van der Waals surface area (Å²) in [5.74, 6) is 1.08. The number of aromatic nitrogens is 1. The summed E-state index contributed by atoms with van der Waals surface area (Å²) in [6.07, 6.45) is 3.34. The summed E-state index contributed by atoms with van der Waals surface area (Å²) in [4.78, 5) is 4.42. The molecule has 0 saturated carbocycles. The second kappa shape index (κ2) is 7.59. The van der Waals surface area contributed by atoms with Crippen LogP contribution in [0, 0.1) is 5.92 Å². The van der Waals surface area contributed by atoms with Crippen LogP contribution in [0.25, 0.3) is 0 Å². The first-order chi connectivity index (χ1) is 9.37. The SMILES string of the molecule is CCCNc1cc(S(=O)(=O)N(C)CCC(C)C)ccn1. The fraction of sp³-hybridized carbons (Fsp3) is 0.643. The van der Waals surface area contributed by atoms with Crippen molar-refractivity contribution in [1.29, 1.82) is 0 Å². The topological polar surface area (TPSA) is 62.3 Å². The van der Waals surface area contributed by atoms with Crippen molar-refractivity contribution in [3.8, 4) is 0 Å². The zero-order chi connectivity index (χ0) is 15.2. The molecule has 0 aliphatic heterocycles. The van der Waals surface area contributed by atoms with Gasteiger partial charge in [0.2, 0.25) is 10.0 Å². The Balaban J connectivity index is 2.85. The fourth-order valence-electron chi connectivity index (χ4n) is 1.66. The van der Waals surface area contributed by atoms with Gasteiger partial charge >= 0.3 is 0 Å². The van der Waals surface area contributed by atoms with Gasteiger partial charge in [0, 0.05) is 32.4 Å². The van der Waals surface area contributed by atoms with Crippen LogP contribution in [-0.4, -0.2) is 37.8 Å². The summed E-state index contributed by atoms with van der Waals surface area (Å²) >= 11 is 0. The molecule has 20 heavy (non-hydrogen) atoms. The Labute approximate surface area is 122 Å². The third-order valence-electron chi connectivity index (χ3n) is 3.02. The lowest BCUT2D eigenvalue weighted by molar-refractivity contribution is 0.428. The van der Waals surface area contributed by atoms with Crippen LogP contribution in [0.2, 0.25) is 0 Å². The minimum absolute atomic E-state index is 0.289. The lowest BCUT2D eigenvalue weighted by Crippen LogP contribution is -2.28. The van der Waals surface area contributed by atoms with E-state index in [-0.39, 0.29) is 4.90 Å². The summed E-state index contributed by atoms with van der Waals surface area (Å²) in [5.41, 5.74) is 0. The standard InChI is InChI=1S/C14H25N3O2S/c1-5-8-15-14-11-13(6-9-16-14)20(18,19)17(4)10-7-12(2)3/h6,9,11-12H,5,7-8,10H2,1-4H3,(H,15,16). The van der Waals surface area contributed by atoms with Gasteiger partial charge in [-0.1, -0.05) is 20.8 Å². The molecule has 5 nitrogen and oxygen atoms in total. The van der Waals surface area contributed by atoms with E-state index < -0.39 is 10.0 Å². The van der Waals surface area contributed by atoms with E-state index in [2.05, 4.69) is 24.1 Å². The van der Waals surface area contributed by atoms with Crippen LogP contribution >= 0.6 is 0 Å². The van der Waals surface area contributed by atoms with Crippen molar-refractivity contribution in [2.75, 3.05) is 25.5 Å². The quantitative estimate of drug-likeness (QED) is 0.801. The van der Waals surface area contributed by atoms with Gasteiger partial charge < -0.3 is 5.32 Å². The van der Waals surface area contributed by atoms with Gasteiger partial charge in [0.25, 0.3) is 0 Å². The average Bonchev–Trinajstić information content (AvgIpc) is 2.42. The Morgan fingerprint density at radius 1 is 1.40 bits per heavy atom. The first-order valence-corrected chi connectivity index (χ1v) is 8.48. The minimum Gasteiger partial charge on any atom is -0.370 e. The third kappa shape index (κ3) is 4.76. The molecule has 0 aromatic carbocycles. The number of nitrogens with one attached hydrogen (secondary N) is 1. The van der Waals surface area contributed by atoms with Gasteiger partial charge in [-0.3, -0.25) is 0 Å². The minimum atomic E-state index is -3.43. The molecule has 0 radical (unpaired) electrons. The molecule has 0 spiro atoms. The summed E-state index contributed by atoms with van der Waals surface area (Å²) in [6, 6.07) is 3.13. The summed E-state index contributed by atoms with van der Waals surface area (Å²) in [6.45, 7) is 7.52. The van der Waals surface area contributed by atoms with E-state index in [1.54, 1.807) is 19.2 Å². The number of anilines is 1. The summed E-state index contributed by atoms with van der Waals surface area (Å²) in [7, 11) is -1.81. The maximum Gasteiger partial charge on any atom is 0.243 e. The van der Waals surface area contributed by atoms with Crippen molar-refractivity contribution in [3.05, 3.63) is 18.3 Å². The summed E-state index contributed by atoms with van der Waals surface area (Å²) in [5, 5.41) is 3.10. The number of sulfonamides is 1. The van der Waals surface area contributed by atoms with Gasteiger partial charge in [0.1, 0.15) is 5.82 Å². The molecule has 1 aromatic rings. The van der Waals surface area contributed by atoms with Crippen molar-refractivity contribution in [2.45, 2.75) is 38.5 Å². The molecule has 1 rings (SSSR count). The van der Waals surface area contributed by atoms with E-state index in [1.165, 1.54) is 10.5 Å². The fourth-order valence-corrected chi connectivity index (χ4v) is 2.86. The Kier molecular flexibility index (Phi) is 6.42. The predicted octanol–water partition coefficient (Wildman–Crippen LogP) is 2.57. The van der Waals surface area contributed by atoms with Crippen LogP contribution in [0.1, 0.15) is 33.6 Å². The van der Waals surface area contributed by atoms with Crippen molar-refractivity contribution in [3.63, 3.8) is 0 Å². The first-order valence-electron chi connectivity index (χ1n) is 7.04. The van der Waals surface area contributed by atoms with E-state index in [4.69, 9.17) is 0 Å². The van der Waals surface area contributed by atoms with Crippen molar-refractivity contribution >= 4 is 15.8 Å². The molecule has 0 unspecified atom stereocenters. The molecule has 0 atom stereocenters. The van der Waals surface area contributed by atoms with E-state index in [1.807, 2.05) is 6.92 Å². The largest absolute Gasteiger partial charge is 0.370 e. The van der Waals surface area contributed by atoms with Crippen LogP contribution in [0.5, 0.6) is 0 Å². The van der Waals surface area contributed by atoms with Crippen LogP contribution in [0.4, 0.5) is 5.82 Å². The van der Waals surface area contributed by atoms with Crippen LogP contribution in [0.3, 0.4) is 0 Å². The molecule has 0 bridgehead atoms. The van der Waals surface area contributed by atoms with Gasteiger partial charge in [-0.15, -0.1) is 0 Å². The van der Waals surface area contributed by atoms with Gasteiger partial charge in [0.15, 0.2) is 0 Å². The van der Waals surface area contributed by atoms with Gasteiger partial charge in [-0.2, -0.15) is 0 Å². The van der Waals surface area contributed by atoms with Crippen molar-refractivity contribution < 1.29 is 8.42 Å². The molecule has 114 valence electrons. The number of rotatable bonds is 8. The van der Waals surface area contributed by atoms with E-state index in [9.17, 15) is 8.42 Å². The zero-order valence-corrected chi connectivity index (χ0v) is 13.6. The number of pyridine rings is 1. The smallest absolute Gasteiger partial charge is 0.243 e. The Bertz CT molecular complexity index is 515. The predicted molar refractivity (Wildman–Crippen MR) is 82.3 cm³/mol. The lowest BCUT2D eigenvalue weighted by Gasteiger charge is -2.18. The van der Waals surface area contributed by atoms with E-state index in [0.717, 1.165) is 19.4 Å². The molecule has 0 amide bonds.